The molecule has 0 radical (unpaired) electrons. The molecule has 0 spiro atoms. The number of cyclic esters (lactones) is 2. The Morgan fingerprint density at radius 3 is 0.905 bits per heavy atom. The summed E-state index contributed by atoms with van der Waals surface area (Å²) in [6.45, 7) is 23.3. The third-order valence-electron chi connectivity index (χ3n) is 32.4. The molecule has 0 bridgehead atoms. The molecule has 10 N–H and O–H groups in total. The number of hydrogen-bond donors (Lipinski definition) is 10. The zero-order valence-electron chi connectivity index (χ0n) is 70.6. The molecule has 0 unspecified atom stereocenters. The van der Waals surface area contributed by atoms with Gasteiger partial charge in [0, 0.05) is 75.7 Å². The van der Waals surface area contributed by atoms with Crippen molar-refractivity contribution in [3.05, 3.63) is 23.3 Å². The van der Waals surface area contributed by atoms with Crippen LogP contribution in [0.3, 0.4) is 0 Å². The van der Waals surface area contributed by atoms with Gasteiger partial charge in [-0.1, -0.05) is 27.7 Å². The zero-order chi connectivity index (χ0) is 83.4. The Bertz CT molecular complexity index is 3170. The molecular formula is C87H138O29. The normalized spacial score (nSPS) is 53.1. The fraction of sp³-hybridized carbons (Fsp3) is 0.920. The van der Waals surface area contributed by atoms with Crippen molar-refractivity contribution in [1.29, 1.82) is 0 Å². The summed E-state index contributed by atoms with van der Waals surface area (Å²) in [5.41, 5.74) is -1.75. The van der Waals surface area contributed by atoms with E-state index in [2.05, 4.69) is 13.8 Å². The molecule has 116 heavy (non-hydrogen) atoms. The molecule has 0 aromatic carbocycles. The van der Waals surface area contributed by atoms with E-state index in [-0.39, 0.29) is 140 Å². The highest BCUT2D eigenvalue weighted by Crippen LogP contribution is 2.72. The minimum Gasteiger partial charge on any atom is -0.458 e. The number of hydrogen-bond acceptors (Lipinski definition) is 29. The van der Waals surface area contributed by atoms with Crippen LogP contribution >= 0.6 is 0 Å². The van der Waals surface area contributed by atoms with E-state index in [9.17, 15) is 65.4 Å². The van der Waals surface area contributed by atoms with Gasteiger partial charge in [0.05, 0.1) is 109 Å². The molecule has 0 amide bonds. The van der Waals surface area contributed by atoms with Gasteiger partial charge in [-0.15, -0.1) is 0 Å². The SMILES string of the molecule is CC(C)=O.CO[C@H]1[C@@H](O)C[C@H](O[C@H]2[C@@H](O)C[C@H](O[C@H]3[C@@H](O)C[C@H](O[C@H]4CC[C@@]5(C)[C@H](CC[C@@H]6[C@@H]5C[C@@H](O)[C@]5(C)[C@@H](C7=CC(=O)OC7)CC[C@]65O)C4)O[C@@H]3C)O[C@@H]2C)O[C@@H]1C.CO[C@H]1[C@@H](O)C[C@H](O[C@H]2[C@@H](O)C[C@H](O[C@H]3[C@@H](O)C[C@H](O[C@H]4CC[C@@]5(C)[C@H](CC[C@@H]6[C@@H]5C[C@@H](O)[C@]5(C)[C@@H](C7=CC(=O)OC7)CC[C@]65O)C4)O[C@@H]3C)O[C@@H]2C)O[C@@H]1C. The van der Waals surface area contributed by atoms with Crippen molar-refractivity contribution < 1.29 is 141 Å². The average molecular weight is 1650 g/mol. The summed E-state index contributed by atoms with van der Waals surface area (Å²) in [6.07, 6.45) is -0.0309. The maximum Gasteiger partial charge on any atom is 0.331 e. The predicted octanol–water partition coefficient (Wildman–Crippen LogP) is 6.34. The van der Waals surface area contributed by atoms with E-state index in [1.165, 1.54) is 28.1 Å². The lowest BCUT2D eigenvalue weighted by Crippen LogP contribution is -2.67. The molecule has 8 aliphatic heterocycles. The maximum atomic E-state index is 12.6. The van der Waals surface area contributed by atoms with Gasteiger partial charge in [0.1, 0.15) is 55.6 Å². The van der Waals surface area contributed by atoms with Crippen molar-refractivity contribution in [1.82, 2.24) is 0 Å². The Morgan fingerprint density at radius 1 is 0.371 bits per heavy atom. The first kappa shape index (κ1) is 89.4. The monoisotopic (exact) mass is 1650 g/mol. The Kier molecular flexibility index (Phi) is 27.2. The highest BCUT2D eigenvalue weighted by Gasteiger charge is 2.73. The fourth-order valence-corrected chi connectivity index (χ4v) is 26.2. The first-order valence-corrected chi connectivity index (χ1v) is 43.9. The highest BCUT2D eigenvalue weighted by atomic mass is 16.8. The van der Waals surface area contributed by atoms with Crippen LogP contribution in [0.25, 0.3) is 0 Å². The first-order chi connectivity index (χ1) is 54.8. The second-order valence-corrected chi connectivity index (χ2v) is 39.0. The van der Waals surface area contributed by atoms with E-state index in [1.807, 2.05) is 41.5 Å². The molecule has 29 nitrogen and oxygen atoms in total. The Balaban J connectivity index is 0.000000183. The summed E-state index contributed by atoms with van der Waals surface area (Å²) in [7, 11) is 3.06. The Morgan fingerprint density at radius 2 is 0.647 bits per heavy atom. The predicted molar refractivity (Wildman–Crippen MR) is 411 cm³/mol. The minimum absolute atomic E-state index is 0.0386. The number of aliphatic hydroxyl groups is 10. The van der Waals surface area contributed by atoms with Gasteiger partial charge in [-0.05, 0) is 227 Å². The van der Waals surface area contributed by atoms with Crippen LogP contribution in [0, 0.1) is 69.0 Å². The van der Waals surface area contributed by atoms with Gasteiger partial charge in [0.25, 0.3) is 0 Å². The summed E-state index contributed by atoms with van der Waals surface area (Å²) in [4.78, 5) is 33.3. The van der Waals surface area contributed by atoms with Crippen LogP contribution in [0.15, 0.2) is 23.3 Å². The van der Waals surface area contributed by atoms with E-state index in [0.717, 1.165) is 88.2 Å². The summed E-state index contributed by atoms with van der Waals surface area (Å²) in [5, 5.41) is 115. The number of carbonyl (C=O) groups is 3. The third-order valence-corrected chi connectivity index (χ3v) is 32.4. The molecule has 16 aliphatic rings. The lowest BCUT2D eigenvalue weighted by Gasteiger charge is -2.65. The van der Waals surface area contributed by atoms with Crippen LogP contribution in [0.4, 0.5) is 0 Å². The summed E-state index contributed by atoms with van der Waals surface area (Å²) < 4.78 is 95.7. The topological polar surface area (TPSA) is 401 Å². The van der Waals surface area contributed by atoms with Crippen molar-refractivity contribution in [2.24, 2.45) is 69.0 Å². The molecule has 0 aromatic heterocycles. The van der Waals surface area contributed by atoms with Gasteiger partial charge >= 0.3 is 11.9 Å². The molecular weight excluding hydrogens is 1510 g/mol. The molecule has 6 saturated heterocycles. The van der Waals surface area contributed by atoms with E-state index >= 15 is 0 Å². The number of esters is 2. The van der Waals surface area contributed by atoms with Crippen LogP contribution in [0.1, 0.15) is 224 Å². The number of carbonyl (C=O) groups excluding carboxylic acids is 3. The standard InChI is InChI=1S/2C42H66O14.C3H6O/c2*1-20-37(49-6)29(43)16-35(51-20)55-39-22(3)53-36(18-31(39)45)56-38-21(2)52-34(17-30(38)44)54-25-9-11-40(4)24(14-25)7-8-27-28(40)15-32(46)41(5)26(10-12-42(27,41)48)23-13-33(47)50-19-23;1-3(2)4/h2*13,20-22,24-32,34-39,43-46,48H,7-12,14-19H2,1-6H3;1-2H3/t2*20-,21-,22-,24-,25+,26-,27-,28+,29+,30+,31+,32-,34+,35+,36+,37-,38-,39-,40+,41+,42+;/m11./s1. The number of methoxy groups -OCH3 is 2. The van der Waals surface area contributed by atoms with Gasteiger partial charge in [0.2, 0.25) is 0 Å². The number of ether oxygens (including phenoxy) is 16. The van der Waals surface area contributed by atoms with Gasteiger partial charge in [-0.2, -0.15) is 0 Å². The summed E-state index contributed by atoms with van der Waals surface area (Å²) in [5.74, 6) is 0.614. The molecule has 14 fully saturated rings. The number of Topliss-reactive ketones (excluding diaryl/α,β-unsaturated/α-hetero) is 1. The molecule has 42 atom stereocenters. The average Bonchev–Trinajstić information content (AvgIpc) is 1.49. The van der Waals surface area contributed by atoms with Gasteiger partial charge in [-0.3, -0.25) is 0 Å². The Hall–Kier alpha value is -2.87. The lowest BCUT2D eigenvalue weighted by atomic mass is 9.42. The number of ketones is 1. The second-order valence-electron chi connectivity index (χ2n) is 39.0. The van der Waals surface area contributed by atoms with Crippen LogP contribution in [-0.4, -0.2) is 279 Å². The number of aliphatic hydroxyl groups excluding tert-OH is 8. The quantitative estimate of drug-likeness (QED) is 0.0595. The summed E-state index contributed by atoms with van der Waals surface area (Å²) >= 11 is 0. The molecule has 16 rings (SSSR count). The minimum atomic E-state index is -1.01. The van der Waals surface area contributed by atoms with Crippen LogP contribution in [0.2, 0.25) is 0 Å². The summed E-state index contributed by atoms with van der Waals surface area (Å²) in [6, 6.07) is 0. The van der Waals surface area contributed by atoms with E-state index in [4.69, 9.17) is 75.8 Å². The van der Waals surface area contributed by atoms with E-state index < -0.39 is 170 Å². The van der Waals surface area contributed by atoms with Crippen LogP contribution in [-0.2, 0) is 90.2 Å². The Labute approximate surface area is 683 Å². The van der Waals surface area contributed by atoms with Crippen molar-refractivity contribution >= 4 is 17.7 Å². The zero-order valence-corrected chi connectivity index (χ0v) is 70.6. The van der Waals surface area contributed by atoms with Crippen molar-refractivity contribution in [3.8, 4) is 0 Å². The lowest BCUT2D eigenvalue weighted by molar-refractivity contribution is -0.336. The maximum absolute atomic E-state index is 12.6. The number of fused-ring (bicyclic) bond motifs is 10. The highest BCUT2D eigenvalue weighted by molar-refractivity contribution is 5.86. The smallest absolute Gasteiger partial charge is 0.331 e. The van der Waals surface area contributed by atoms with Crippen LogP contribution in [0.5, 0.6) is 0 Å². The first-order valence-electron chi connectivity index (χ1n) is 43.9. The van der Waals surface area contributed by atoms with Gasteiger partial charge in [-0.25, -0.2) is 9.59 Å². The third kappa shape index (κ3) is 16.8. The molecule has 0 aromatic rings. The van der Waals surface area contributed by atoms with Crippen LogP contribution < -0.4 is 0 Å². The van der Waals surface area contributed by atoms with E-state index in [0.29, 0.717) is 37.5 Å². The molecule has 8 heterocycles. The largest absolute Gasteiger partial charge is 0.458 e. The fourth-order valence-electron chi connectivity index (χ4n) is 26.2. The van der Waals surface area contributed by atoms with Crippen molar-refractivity contribution in [2.45, 2.75) is 408 Å². The second kappa shape index (κ2) is 35.3. The number of rotatable bonds is 16. The van der Waals surface area contributed by atoms with Gasteiger partial charge < -0.3 is 132 Å². The van der Waals surface area contributed by atoms with Crippen molar-refractivity contribution in [2.75, 3.05) is 27.4 Å². The molecule has 8 aliphatic carbocycles. The van der Waals surface area contributed by atoms with Gasteiger partial charge in [0.15, 0.2) is 37.7 Å². The molecule has 29 heteroatoms. The molecule has 660 valence electrons. The van der Waals surface area contributed by atoms with E-state index in [1.54, 1.807) is 26.0 Å². The van der Waals surface area contributed by atoms with Crippen molar-refractivity contribution in [3.63, 3.8) is 0 Å². The molecule has 8 saturated carbocycles.